The fourth-order valence-corrected chi connectivity index (χ4v) is 2.45. The lowest BCUT2D eigenvalue weighted by molar-refractivity contribution is 0.382. The molecule has 3 rings (SSSR count). The maximum atomic E-state index is 4.73. The molecule has 1 fully saturated rings. The first kappa shape index (κ1) is 9.25. The standard InChI is InChI=1S/C12H19N3/c1-2-9-7-13-12-6-11(10-4-3-5-10)14-15(12)8-9/h6,9-10,13H,2-5,7-8H2,1H3. The third-order valence-electron chi connectivity index (χ3n) is 3.90. The van der Waals surface area contributed by atoms with Crippen LogP contribution in [0, 0.1) is 5.92 Å². The van der Waals surface area contributed by atoms with Crippen LogP contribution >= 0.6 is 0 Å². The highest BCUT2D eigenvalue weighted by atomic mass is 15.3. The van der Waals surface area contributed by atoms with Gasteiger partial charge in [0.05, 0.1) is 5.69 Å². The molecule has 1 aliphatic heterocycles. The maximum Gasteiger partial charge on any atom is 0.124 e. The van der Waals surface area contributed by atoms with Crippen LogP contribution in [-0.4, -0.2) is 16.3 Å². The van der Waals surface area contributed by atoms with Gasteiger partial charge in [-0.15, -0.1) is 0 Å². The van der Waals surface area contributed by atoms with Crippen LogP contribution in [-0.2, 0) is 6.54 Å². The predicted octanol–water partition coefficient (Wildman–Crippen LogP) is 2.60. The van der Waals surface area contributed by atoms with Crippen molar-refractivity contribution in [2.45, 2.75) is 45.1 Å². The van der Waals surface area contributed by atoms with E-state index in [1.54, 1.807) is 0 Å². The smallest absolute Gasteiger partial charge is 0.124 e. The zero-order valence-electron chi connectivity index (χ0n) is 9.37. The van der Waals surface area contributed by atoms with Gasteiger partial charge in [-0.05, 0) is 25.2 Å². The number of anilines is 1. The quantitative estimate of drug-likeness (QED) is 0.804. The van der Waals surface area contributed by atoms with Crippen molar-refractivity contribution in [1.82, 2.24) is 9.78 Å². The second-order valence-electron chi connectivity index (χ2n) is 4.92. The zero-order chi connectivity index (χ0) is 10.3. The Labute approximate surface area is 90.9 Å². The Bertz CT molecular complexity index is 352. The van der Waals surface area contributed by atoms with E-state index in [1.807, 2.05) is 0 Å². The molecule has 1 aromatic heterocycles. The van der Waals surface area contributed by atoms with Gasteiger partial charge in [-0.2, -0.15) is 5.10 Å². The van der Waals surface area contributed by atoms with Crippen LogP contribution in [0.15, 0.2) is 6.07 Å². The van der Waals surface area contributed by atoms with Crippen molar-refractivity contribution >= 4 is 5.82 Å². The molecule has 0 spiro atoms. The van der Waals surface area contributed by atoms with Gasteiger partial charge in [0.25, 0.3) is 0 Å². The van der Waals surface area contributed by atoms with Crippen molar-refractivity contribution in [1.29, 1.82) is 0 Å². The van der Waals surface area contributed by atoms with E-state index >= 15 is 0 Å². The fraction of sp³-hybridized carbons (Fsp3) is 0.750. The van der Waals surface area contributed by atoms with Gasteiger partial charge in [0.1, 0.15) is 5.82 Å². The Morgan fingerprint density at radius 2 is 2.40 bits per heavy atom. The largest absolute Gasteiger partial charge is 0.370 e. The van der Waals surface area contributed by atoms with E-state index in [-0.39, 0.29) is 0 Å². The minimum Gasteiger partial charge on any atom is -0.370 e. The Morgan fingerprint density at radius 3 is 3.07 bits per heavy atom. The third-order valence-corrected chi connectivity index (χ3v) is 3.90. The van der Waals surface area contributed by atoms with Crippen LogP contribution in [0.3, 0.4) is 0 Å². The van der Waals surface area contributed by atoms with Gasteiger partial charge >= 0.3 is 0 Å². The average Bonchev–Trinajstić information content (AvgIpc) is 2.56. The molecule has 0 amide bonds. The van der Waals surface area contributed by atoms with E-state index in [0.29, 0.717) is 0 Å². The van der Waals surface area contributed by atoms with E-state index in [4.69, 9.17) is 5.10 Å². The summed E-state index contributed by atoms with van der Waals surface area (Å²) in [6.45, 7) is 4.48. The molecule has 1 atom stereocenters. The Balaban J connectivity index is 1.81. The molecule has 0 bridgehead atoms. The summed E-state index contributed by atoms with van der Waals surface area (Å²) in [7, 11) is 0. The highest BCUT2D eigenvalue weighted by Crippen LogP contribution is 2.37. The number of rotatable bonds is 2. The average molecular weight is 205 g/mol. The lowest BCUT2D eigenvalue weighted by atomic mass is 9.83. The van der Waals surface area contributed by atoms with E-state index in [0.717, 1.165) is 24.9 Å². The van der Waals surface area contributed by atoms with Crippen LogP contribution in [0.4, 0.5) is 5.82 Å². The molecule has 3 heteroatoms. The number of aromatic nitrogens is 2. The lowest BCUT2D eigenvalue weighted by Crippen LogP contribution is -2.27. The molecule has 0 aromatic carbocycles. The molecule has 1 saturated carbocycles. The normalized spacial score (nSPS) is 25.5. The number of fused-ring (bicyclic) bond motifs is 1. The van der Waals surface area contributed by atoms with Crippen molar-refractivity contribution in [3.05, 3.63) is 11.8 Å². The molecule has 1 unspecified atom stereocenters. The van der Waals surface area contributed by atoms with Gasteiger partial charge in [0.2, 0.25) is 0 Å². The van der Waals surface area contributed by atoms with Gasteiger partial charge in [-0.25, -0.2) is 4.68 Å². The molecule has 3 nitrogen and oxygen atoms in total. The summed E-state index contributed by atoms with van der Waals surface area (Å²) >= 11 is 0. The van der Waals surface area contributed by atoms with Crippen LogP contribution < -0.4 is 5.32 Å². The summed E-state index contributed by atoms with van der Waals surface area (Å²) in [5.74, 6) is 2.75. The van der Waals surface area contributed by atoms with E-state index in [1.165, 1.54) is 37.2 Å². The first-order valence-corrected chi connectivity index (χ1v) is 6.18. The number of hydrogen-bond acceptors (Lipinski definition) is 2. The van der Waals surface area contributed by atoms with Gasteiger partial charge in [0, 0.05) is 25.1 Å². The lowest BCUT2D eigenvalue weighted by Gasteiger charge is -2.23. The maximum absolute atomic E-state index is 4.73. The van der Waals surface area contributed by atoms with Crippen LogP contribution in [0.1, 0.15) is 44.2 Å². The SMILES string of the molecule is CCC1CNc2cc(C3CCC3)nn2C1. The highest BCUT2D eigenvalue weighted by molar-refractivity contribution is 5.40. The Morgan fingerprint density at radius 1 is 1.53 bits per heavy atom. The van der Waals surface area contributed by atoms with Gasteiger partial charge in [-0.3, -0.25) is 0 Å². The van der Waals surface area contributed by atoms with Crippen LogP contribution in [0.2, 0.25) is 0 Å². The fourth-order valence-electron chi connectivity index (χ4n) is 2.45. The topological polar surface area (TPSA) is 29.9 Å². The van der Waals surface area contributed by atoms with Crippen molar-refractivity contribution in [3.8, 4) is 0 Å². The van der Waals surface area contributed by atoms with Crippen molar-refractivity contribution in [3.63, 3.8) is 0 Å². The molecule has 82 valence electrons. The van der Waals surface area contributed by atoms with Crippen LogP contribution in [0.5, 0.6) is 0 Å². The van der Waals surface area contributed by atoms with Gasteiger partial charge in [0.15, 0.2) is 0 Å². The first-order valence-electron chi connectivity index (χ1n) is 6.18. The molecule has 1 N–H and O–H groups in total. The Kier molecular flexibility index (Phi) is 2.19. The third kappa shape index (κ3) is 1.54. The summed E-state index contributed by atoms with van der Waals surface area (Å²) < 4.78 is 2.17. The predicted molar refractivity (Wildman–Crippen MR) is 61.1 cm³/mol. The summed E-state index contributed by atoms with van der Waals surface area (Å²) in [5, 5.41) is 8.21. The van der Waals surface area contributed by atoms with E-state index in [9.17, 15) is 0 Å². The zero-order valence-corrected chi connectivity index (χ0v) is 9.37. The minimum atomic E-state index is 0.755. The second kappa shape index (κ2) is 3.54. The van der Waals surface area contributed by atoms with Crippen molar-refractivity contribution < 1.29 is 0 Å². The molecular weight excluding hydrogens is 186 g/mol. The number of nitrogens with zero attached hydrogens (tertiary/aromatic N) is 2. The molecule has 0 radical (unpaired) electrons. The van der Waals surface area contributed by atoms with E-state index in [2.05, 4.69) is 23.0 Å². The molecule has 1 aromatic rings. The molecule has 15 heavy (non-hydrogen) atoms. The molecule has 2 heterocycles. The summed E-state index contributed by atoms with van der Waals surface area (Å²) in [4.78, 5) is 0. The summed E-state index contributed by atoms with van der Waals surface area (Å²) in [6, 6.07) is 2.26. The van der Waals surface area contributed by atoms with E-state index < -0.39 is 0 Å². The molecule has 0 saturated heterocycles. The van der Waals surface area contributed by atoms with Gasteiger partial charge < -0.3 is 5.32 Å². The monoisotopic (exact) mass is 205 g/mol. The summed E-state index contributed by atoms with van der Waals surface area (Å²) in [5.41, 5.74) is 1.32. The number of nitrogens with one attached hydrogen (secondary N) is 1. The minimum absolute atomic E-state index is 0.755. The Hall–Kier alpha value is -0.990. The van der Waals surface area contributed by atoms with Crippen molar-refractivity contribution in [2.24, 2.45) is 5.92 Å². The summed E-state index contributed by atoms with van der Waals surface area (Å²) in [6.07, 6.45) is 5.31. The number of hydrogen-bond donors (Lipinski definition) is 1. The molecule has 2 aliphatic rings. The molecule has 1 aliphatic carbocycles. The molecular formula is C12H19N3. The van der Waals surface area contributed by atoms with Crippen molar-refractivity contribution in [2.75, 3.05) is 11.9 Å². The van der Waals surface area contributed by atoms with Crippen LogP contribution in [0.25, 0.3) is 0 Å². The second-order valence-corrected chi connectivity index (χ2v) is 4.92. The first-order chi connectivity index (χ1) is 7.36. The highest BCUT2D eigenvalue weighted by Gasteiger charge is 2.25. The van der Waals surface area contributed by atoms with Gasteiger partial charge in [-0.1, -0.05) is 13.3 Å².